The van der Waals surface area contributed by atoms with Gasteiger partial charge in [-0.05, 0) is 42.2 Å². The van der Waals surface area contributed by atoms with Crippen LogP contribution in [0.25, 0.3) is 0 Å². The first-order valence-electron chi connectivity index (χ1n) is 5.52. The zero-order valence-electron chi connectivity index (χ0n) is 9.68. The Morgan fingerprint density at radius 1 is 1.18 bits per heavy atom. The summed E-state index contributed by atoms with van der Waals surface area (Å²) < 4.78 is 0. The van der Waals surface area contributed by atoms with Crippen molar-refractivity contribution in [2.24, 2.45) is 0 Å². The zero-order valence-corrected chi connectivity index (χ0v) is 9.68. The monoisotopic (exact) mass is 226 g/mol. The standard InChI is InChI=1S/C15H14O2/c1-11-4-2-3-5-13(11)8-12-6-7-15(17)14(9-12)10-16/h2-7,9-10,17H,8H2,1H3. The van der Waals surface area contributed by atoms with E-state index >= 15 is 0 Å². The van der Waals surface area contributed by atoms with E-state index in [0.29, 0.717) is 11.8 Å². The number of aldehydes is 1. The number of carbonyl (C=O) groups excluding carboxylic acids is 1. The predicted molar refractivity (Wildman–Crippen MR) is 67.5 cm³/mol. The molecule has 0 heterocycles. The average molecular weight is 226 g/mol. The van der Waals surface area contributed by atoms with Crippen molar-refractivity contribution in [1.82, 2.24) is 0 Å². The largest absolute Gasteiger partial charge is 0.507 e. The molecule has 0 fully saturated rings. The van der Waals surface area contributed by atoms with Gasteiger partial charge in [0.2, 0.25) is 0 Å². The molecule has 0 bridgehead atoms. The first kappa shape index (κ1) is 11.4. The summed E-state index contributed by atoms with van der Waals surface area (Å²) in [5.41, 5.74) is 3.83. The number of rotatable bonds is 3. The predicted octanol–water partition coefficient (Wildman–Crippen LogP) is 3.10. The van der Waals surface area contributed by atoms with E-state index in [9.17, 15) is 9.90 Å². The van der Waals surface area contributed by atoms with Gasteiger partial charge < -0.3 is 5.11 Å². The molecule has 17 heavy (non-hydrogen) atoms. The van der Waals surface area contributed by atoms with E-state index < -0.39 is 0 Å². The Morgan fingerprint density at radius 3 is 2.65 bits per heavy atom. The van der Waals surface area contributed by atoms with Crippen molar-refractivity contribution in [2.45, 2.75) is 13.3 Å². The van der Waals surface area contributed by atoms with Gasteiger partial charge in [-0.25, -0.2) is 0 Å². The molecule has 0 spiro atoms. The number of phenols is 1. The highest BCUT2D eigenvalue weighted by atomic mass is 16.3. The molecule has 0 amide bonds. The molecule has 2 nitrogen and oxygen atoms in total. The van der Waals surface area contributed by atoms with Gasteiger partial charge in [0, 0.05) is 0 Å². The number of carbonyl (C=O) groups is 1. The average Bonchev–Trinajstić information content (AvgIpc) is 2.34. The smallest absolute Gasteiger partial charge is 0.153 e. The Kier molecular flexibility index (Phi) is 3.24. The number of aryl methyl sites for hydroxylation is 1. The van der Waals surface area contributed by atoms with E-state index in [1.54, 1.807) is 12.1 Å². The Labute approximate surface area is 101 Å². The molecule has 0 aromatic heterocycles. The summed E-state index contributed by atoms with van der Waals surface area (Å²) in [6.45, 7) is 2.07. The Bertz CT molecular complexity index is 544. The molecular weight excluding hydrogens is 212 g/mol. The fourth-order valence-electron chi connectivity index (χ4n) is 1.84. The summed E-state index contributed by atoms with van der Waals surface area (Å²) in [4.78, 5) is 10.7. The van der Waals surface area contributed by atoms with Crippen LogP contribution in [-0.2, 0) is 6.42 Å². The fourth-order valence-corrected chi connectivity index (χ4v) is 1.84. The summed E-state index contributed by atoms with van der Waals surface area (Å²) in [6.07, 6.45) is 1.45. The summed E-state index contributed by atoms with van der Waals surface area (Å²) in [7, 11) is 0. The Balaban J connectivity index is 2.31. The molecule has 1 N–H and O–H groups in total. The van der Waals surface area contributed by atoms with Crippen molar-refractivity contribution in [2.75, 3.05) is 0 Å². The van der Waals surface area contributed by atoms with Crippen molar-refractivity contribution >= 4 is 6.29 Å². The molecule has 86 valence electrons. The van der Waals surface area contributed by atoms with Gasteiger partial charge in [0.1, 0.15) is 5.75 Å². The maximum Gasteiger partial charge on any atom is 0.153 e. The second-order valence-corrected chi connectivity index (χ2v) is 4.11. The maximum absolute atomic E-state index is 10.7. The van der Waals surface area contributed by atoms with Gasteiger partial charge in [-0.15, -0.1) is 0 Å². The van der Waals surface area contributed by atoms with Gasteiger partial charge in [0.15, 0.2) is 6.29 Å². The van der Waals surface area contributed by atoms with E-state index in [-0.39, 0.29) is 5.75 Å². The topological polar surface area (TPSA) is 37.3 Å². The van der Waals surface area contributed by atoms with Crippen molar-refractivity contribution in [1.29, 1.82) is 0 Å². The third-order valence-corrected chi connectivity index (χ3v) is 2.87. The summed E-state index contributed by atoms with van der Waals surface area (Å²) in [6, 6.07) is 13.3. The number of hydrogen-bond acceptors (Lipinski definition) is 2. The van der Waals surface area contributed by atoms with E-state index in [4.69, 9.17) is 0 Å². The van der Waals surface area contributed by atoms with Crippen LogP contribution in [0.4, 0.5) is 0 Å². The molecule has 0 aliphatic rings. The second kappa shape index (κ2) is 4.83. The molecule has 0 saturated heterocycles. The molecule has 0 radical (unpaired) electrons. The van der Waals surface area contributed by atoms with Crippen LogP contribution in [0, 0.1) is 6.92 Å². The minimum absolute atomic E-state index is 0.0357. The van der Waals surface area contributed by atoms with Crippen LogP contribution in [0.5, 0.6) is 5.75 Å². The second-order valence-electron chi connectivity index (χ2n) is 4.11. The van der Waals surface area contributed by atoms with Crippen molar-refractivity contribution in [3.8, 4) is 5.75 Å². The fraction of sp³-hybridized carbons (Fsp3) is 0.133. The lowest BCUT2D eigenvalue weighted by Crippen LogP contribution is -1.93. The molecule has 2 aromatic rings. The highest BCUT2D eigenvalue weighted by Gasteiger charge is 2.03. The van der Waals surface area contributed by atoms with E-state index in [1.165, 1.54) is 11.1 Å². The van der Waals surface area contributed by atoms with Gasteiger partial charge in [0.25, 0.3) is 0 Å². The van der Waals surface area contributed by atoms with Crippen LogP contribution >= 0.6 is 0 Å². The number of phenolic OH excluding ortho intramolecular Hbond substituents is 1. The van der Waals surface area contributed by atoms with E-state index in [0.717, 1.165) is 12.0 Å². The van der Waals surface area contributed by atoms with Crippen LogP contribution < -0.4 is 0 Å². The lowest BCUT2D eigenvalue weighted by atomic mass is 9.99. The summed E-state index contributed by atoms with van der Waals surface area (Å²) in [5.74, 6) is 0.0357. The first-order valence-corrected chi connectivity index (χ1v) is 5.52. The number of benzene rings is 2. The number of aromatic hydroxyl groups is 1. The molecular formula is C15H14O2. The molecule has 0 saturated carbocycles. The van der Waals surface area contributed by atoms with Crippen LogP contribution in [-0.4, -0.2) is 11.4 Å². The van der Waals surface area contributed by atoms with Crippen LogP contribution in [0.1, 0.15) is 27.0 Å². The normalized spacial score (nSPS) is 10.2. The molecule has 2 aromatic carbocycles. The lowest BCUT2D eigenvalue weighted by molar-refractivity contribution is 0.112. The summed E-state index contributed by atoms with van der Waals surface area (Å²) >= 11 is 0. The van der Waals surface area contributed by atoms with E-state index in [2.05, 4.69) is 19.1 Å². The first-order chi connectivity index (χ1) is 8.20. The molecule has 2 heteroatoms. The Morgan fingerprint density at radius 2 is 1.94 bits per heavy atom. The van der Waals surface area contributed by atoms with Gasteiger partial charge >= 0.3 is 0 Å². The van der Waals surface area contributed by atoms with Crippen LogP contribution in [0.2, 0.25) is 0 Å². The SMILES string of the molecule is Cc1ccccc1Cc1ccc(O)c(C=O)c1. The lowest BCUT2D eigenvalue weighted by Gasteiger charge is -2.06. The quantitative estimate of drug-likeness (QED) is 0.816. The van der Waals surface area contributed by atoms with Crippen LogP contribution in [0.3, 0.4) is 0 Å². The minimum atomic E-state index is 0.0357. The Hall–Kier alpha value is -2.09. The van der Waals surface area contributed by atoms with Gasteiger partial charge in [-0.2, -0.15) is 0 Å². The van der Waals surface area contributed by atoms with Gasteiger partial charge in [-0.3, -0.25) is 4.79 Å². The zero-order chi connectivity index (χ0) is 12.3. The minimum Gasteiger partial charge on any atom is -0.507 e. The molecule has 0 aliphatic carbocycles. The summed E-state index contributed by atoms with van der Waals surface area (Å²) in [5, 5.41) is 9.42. The van der Waals surface area contributed by atoms with E-state index in [1.807, 2.05) is 18.2 Å². The highest BCUT2D eigenvalue weighted by molar-refractivity contribution is 5.79. The third kappa shape index (κ3) is 2.53. The van der Waals surface area contributed by atoms with Gasteiger partial charge in [0.05, 0.1) is 5.56 Å². The molecule has 0 unspecified atom stereocenters. The van der Waals surface area contributed by atoms with Gasteiger partial charge in [-0.1, -0.05) is 30.3 Å². The van der Waals surface area contributed by atoms with Crippen molar-refractivity contribution < 1.29 is 9.90 Å². The van der Waals surface area contributed by atoms with Crippen molar-refractivity contribution in [3.63, 3.8) is 0 Å². The third-order valence-electron chi connectivity index (χ3n) is 2.87. The van der Waals surface area contributed by atoms with Crippen LogP contribution in [0.15, 0.2) is 42.5 Å². The highest BCUT2D eigenvalue weighted by Crippen LogP contribution is 2.19. The van der Waals surface area contributed by atoms with Crippen molar-refractivity contribution in [3.05, 3.63) is 64.7 Å². The molecule has 0 aliphatic heterocycles. The number of hydrogen-bond donors (Lipinski definition) is 1. The molecule has 0 atom stereocenters. The molecule has 2 rings (SSSR count). The maximum atomic E-state index is 10.7.